The van der Waals surface area contributed by atoms with Crippen LogP contribution in [0.5, 0.6) is 0 Å². The molecule has 0 spiro atoms. The molecule has 0 saturated carbocycles. The van der Waals surface area contributed by atoms with Gasteiger partial charge < -0.3 is 5.32 Å². The number of hydrogen-bond donors (Lipinski definition) is 1. The lowest BCUT2D eigenvalue weighted by atomic mass is 10.1. The van der Waals surface area contributed by atoms with E-state index in [9.17, 15) is 13.2 Å². The van der Waals surface area contributed by atoms with Gasteiger partial charge in [0.15, 0.2) is 0 Å². The zero-order valence-electron chi connectivity index (χ0n) is 15.7. The van der Waals surface area contributed by atoms with E-state index >= 15 is 0 Å². The average molecular weight is 425 g/mol. The molecule has 3 rings (SSSR count). The number of fused-ring (bicyclic) bond motifs is 1. The molecule has 0 saturated heterocycles. The highest BCUT2D eigenvalue weighted by atomic mass is 32.2. The number of hydrogen-bond acceptors (Lipinski definition) is 5. The first-order chi connectivity index (χ1) is 12.6. The highest BCUT2D eigenvalue weighted by Crippen LogP contribution is 2.29. The number of benzene rings is 1. The summed E-state index contributed by atoms with van der Waals surface area (Å²) in [5, 5.41) is 4.81. The topological polar surface area (TPSA) is 66.5 Å². The summed E-state index contributed by atoms with van der Waals surface area (Å²) in [7, 11) is -3.60. The van der Waals surface area contributed by atoms with E-state index in [2.05, 4.69) is 26.1 Å². The van der Waals surface area contributed by atoms with E-state index in [0.717, 1.165) is 12.0 Å². The Morgan fingerprint density at radius 2 is 2.07 bits per heavy atom. The molecule has 0 aliphatic carbocycles. The Bertz CT molecular complexity index is 930. The van der Waals surface area contributed by atoms with Crippen molar-refractivity contribution in [1.82, 2.24) is 4.31 Å². The molecule has 2 heterocycles. The number of amides is 1. The molecule has 1 aromatic carbocycles. The summed E-state index contributed by atoms with van der Waals surface area (Å²) in [6, 6.07) is 8.49. The number of thiophene rings is 1. The molecule has 0 radical (unpaired) electrons. The summed E-state index contributed by atoms with van der Waals surface area (Å²) in [6.07, 6.45) is 0.743. The van der Waals surface area contributed by atoms with Crippen LogP contribution in [0.25, 0.3) is 0 Å². The van der Waals surface area contributed by atoms with Crippen molar-refractivity contribution in [2.75, 3.05) is 17.6 Å². The Morgan fingerprint density at radius 3 is 2.81 bits per heavy atom. The Labute approximate surface area is 169 Å². The van der Waals surface area contributed by atoms with Crippen molar-refractivity contribution in [3.63, 3.8) is 0 Å². The van der Waals surface area contributed by atoms with E-state index in [-0.39, 0.29) is 15.5 Å². The fourth-order valence-electron chi connectivity index (χ4n) is 2.79. The molecule has 146 valence electrons. The van der Waals surface area contributed by atoms with Crippen LogP contribution in [0, 0.1) is 0 Å². The predicted octanol–water partition coefficient (Wildman–Crippen LogP) is 3.97. The minimum Gasteiger partial charge on any atom is -0.325 e. The van der Waals surface area contributed by atoms with Gasteiger partial charge >= 0.3 is 0 Å². The van der Waals surface area contributed by atoms with Gasteiger partial charge in [-0.05, 0) is 41.6 Å². The van der Waals surface area contributed by atoms with Gasteiger partial charge in [-0.2, -0.15) is 4.31 Å². The van der Waals surface area contributed by atoms with Crippen LogP contribution in [-0.2, 0) is 27.8 Å². The van der Waals surface area contributed by atoms with Crippen molar-refractivity contribution in [2.45, 2.75) is 43.4 Å². The fourth-order valence-corrected chi connectivity index (χ4v) is 5.78. The molecular formula is C19H24N2O3S3. The smallest absolute Gasteiger partial charge is 0.243 e. The summed E-state index contributed by atoms with van der Waals surface area (Å²) in [6.45, 7) is 7.04. The van der Waals surface area contributed by atoms with Crippen LogP contribution < -0.4 is 5.32 Å². The molecule has 0 atom stereocenters. The lowest BCUT2D eigenvalue weighted by Gasteiger charge is -2.26. The zero-order chi connectivity index (χ0) is 19.7. The van der Waals surface area contributed by atoms with E-state index in [1.165, 1.54) is 15.2 Å². The number of sulfonamides is 1. The summed E-state index contributed by atoms with van der Waals surface area (Å²) in [5.74, 6) is 0.193. The van der Waals surface area contributed by atoms with Gasteiger partial charge in [0, 0.05) is 28.4 Å². The molecule has 1 aromatic heterocycles. The van der Waals surface area contributed by atoms with Crippen molar-refractivity contribution in [2.24, 2.45) is 0 Å². The van der Waals surface area contributed by atoms with Gasteiger partial charge in [0.05, 0.1) is 10.6 Å². The van der Waals surface area contributed by atoms with E-state index in [4.69, 9.17) is 0 Å². The predicted molar refractivity (Wildman–Crippen MR) is 113 cm³/mol. The molecule has 1 aliphatic rings. The van der Waals surface area contributed by atoms with Crippen LogP contribution in [0.1, 0.15) is 31.2 Å². The van der Waals surface area contributed by atoms with Crippen molar-refractivity contribution in [3.8, 4) is 0 Å². The highest BCUT2D eigenvalue weighted by Gasteiger charge is 2.29. The second-order valence-electron chi connectivity index (χ2n) is 7.43. The minimum atomic E-state index is -3.60. The van der Waals surface area contributed by atoms with Crippen LogP contribution in [0.3, 0.4) is 0 Å². The van der Waals surface area contributed by atoms with Crippen molar-refractivity contribution in [1.29, 1.82) is 0 Å². The minimum absolute atomic E-state index is 0.00268. The summed E-state index contributed by atoms with van der Waals surface area (Å²) >= 11 is 3.23. The SMILES string of the molecule is CC(C)(C)SCC(=O)Nc1cccc(S(=O)(=O)N2CCc3sccc3C2)c1. The highest BCUT2D eigenvalue weighted by molar-refractivity contribution is 8.01. The molecule has 0 unspecified atom stereocenters. The van der Waals surface area contributed by atoms with Crippen LogP contribution in [0.4, 0.5) is 5.69 Å². The van der Waals surface area contributed by atoms with Crippen molar-refractivity contribution >= 4 is 44.7 Å². The number of carbonyl (C=O) groups excluding carboxylic acids is 1. The Balaban J connectivity index is 1.72. The number of nitrogens with one attached hydrogen (secondary N) is 1. The van der Waals surface area contributed by atoms with E-state index in [1.807, 2.05) is 11.4 Å². The van der Waals surface area contributed by atoms with Gasteiger partial charge in [-0.1, -0.05) is 26.8 Å². The van der Waals surface area contributed by atoms with Crippen LogP contribution in [0.2, 0.25) is 0 Å². The lowest BCUT2D eigenvalue weighted by Crippen LogP contribution is -2.35. The van der Waals surface area contributed by atoms with E-state index < -0.39 is 10.0 Å². The van der Waals surface area contributed by atoms with Gasteiger partial charge in [-0.25, -0.2) is 8.42 Å². The zero-order valence-corrected chi connectivity index (χ0v) is 18.1. The molecule has 2 aromatic rings. The summed E-state index contributed by atoms with van der Waals surface area (Å²) in [4.78, 5) is 13.6. The number of anilines is 1. The summed E-state index contributed by atoms with van der Waals surface area (Å²) < 4.78 is 27.6. The lowest BCUT2D eigenvalue weighted by molar-refractivity contribution is -0.113. The van der Waals surface area contributed by atoms with E-state index in [0.29, 0.717) is 24.5 Å². The molecule has 1 N–H and O–H groups in total. The molecule has 1 amide bonds. The van der Waals surface area contributed by atoms with Crippen LogP contribution in [0.15, 0.2) is 40.6 Å². The molecule has 27 heavy (non-hydrogen) atoms. The third-order valence-corrected chi connectivity index (χ3v) is 8.30. The standard InChI is InChI=1S/C19H24N2O3S3/c1-19(2,3)26-13-18(22)20-15-5-4-6-16(11-15)27(23,24)21-9-7-17-14(12-21)8-10-25-17/h4-6,8,10-11H,7,9,12-13H2,1-3H3,(H,20,22). The maximum absolute atomic E-state index is 13.0. The second-order valence-corrected chi connectivity index (χ2v) is 12.2. The van der Waals surface area contributed by atoms with Crippen LogP contribution in [-0.4, -0.2) is 35.7 Å². The number of rotatable bonds is 5. The summed E-state index contributed by atoms with van der Waals surface area (Å²) in [5.41, 5.74) is 1.59. The first kappa shape index (κ1) is 20.4. The molecule has 0 fully saturated rings. The molecule has 0 bridgehead atoms. The molecule has 1 aliphatic heterocycles. The van der Waals surface area contributed by atoms with Crippen molar-refractivity contribution in [3.05, 3.63) is 46.2 Å². The number of carbonyl (C=O) groups is 1. The van der Waals surface area contributed by atoms with Gasteiger partial charge in [0.1, 0.15) is 0 Å². The second kappa shape index (κ2) is 7.95. The maximum Gasteiger partial charge on any atom is 0.243 e. The fraction of sp³-hybridized carbons (Fsp3) is 0.421. The van der Waals surface area contributed by atoms with Crippen molar-refractivity contribution < 1.29 is 13.2 Å². The third-order valence-electron chi connectivity index (χ3n) is 4.16. The molecular weight excluding hydrogens is 400 g/mol. The Hall–Kier alpha value is -1.35. The molecule has 8 heteroatoms. The van der Waals surface area contributed by atoms with Gasteiger partial charge in [0.2, 0.25) is 15.9 Å². The van der Waals surface area contributed by atoms with Gasteiger partial charge in [-0.15, -0.1) is 23.1 Å². The third kappa shape index (κ3) is 5.13. The Kier molecular flexibility index (Phi) is 6.00. The first-order valence-electron chi connectivity index (χ1n) is 8.74. The van der Waals surface area contributed by atoms with Crippen LogP contribution >= 0.6 is 23.1 Å². The normalized spacial score (nSPS) is 15.4. The Morgan fingerprint density at radius 1 is 1.30 bits per heavy atom. The largest absolute Gasteiger partial charge is 0.325 e. The quantitative estimate of drug-likeness (QED) is 0.789. The molecule has 5 nitrogen and oxygen atoms in total. The van der Waals surface area contributed by atoms with Gasteiger partial charge in [-0.3, -0.25) is 4.79 Å². The average Bonchev–Trinajstić information content (AvgIpc) is 3.07. The van der Waals surface area contributed by atoms with E-state index in [1.54, 1.807) is 41.3 Å². The monoisotopic (exact) mass is 424 g/mol. The number of nitrogens with zero attached hydrogens (tertiary/aromatic N) is 1. The first-order valence-corrected chi connectivity index (χ1v) is 12.0. The maximum atomic E-state index is 13.0. The number of thioether (sulfide) groups is 1. The van der Waals surface area contributed by atoms with Gasteiger partial charge in [0.25, 0.3) is 0 Å².